The number of halogens is 1. The average molecular weight is 397 g/mol. The molecule has 0 aliphatic rings. The first-order valence-electron chi connectivity index (χ1n) is 7.94. The van der Waals surface area contributed by atoms with Gasteiger partial charge in [-0.25, -0.2) is 13.6 Å². The van der Waals surface area contributed by atoms with E-state index in [1.54, 1.807) is 44.2 Å². The number of aryl methyl sites for hydroxylation is 1. The van der Waals surface area contributed by atoms with Crippen molar-refractivity contribution in [3.63, 3.8) is 0 Å². The highest BCUT2D eigenvalue weighted by Crippen LogP contribution is 2.23. The van der Waals surface area contributed by atoms with Crippen molar-refractivity contribution in [3.8, 4) is 5.75 Å². The second-order valence-corrected chi connectivity index (χ2v) is 8.01. The molecule has 0 saturated carbocycles. The fraction of sp³-hybridized carbons (Fsp3) is 0.278. The van der Waals surface area contributed by atoms with E-state index >= 15 is 0 Å². The number of nitrogens with one attached hydrogen (secondary N) is 1. The van der Waals surface area contributed by atoms with Crippen molar-refractivity contribution in [2.45, 2.75) is 37.8 Å². The molecule has 0 aliphatic heterocycles. The van der Waals surface area contributed by atoms with Gasteiger partial charge in [0.05, 0.1) is 10.9 Å². The van der Waals surface area contributed by atoms with Crippen molar-refractivity contribution in [2.75, 3.05) is 0 Å². The number of sulfonamides is 1. The van der Waals surface area contributed by atoms with Gasteiger partial charge in [0.2, 0.25) is 10.0 Å². The fourth-order valence-electron chi connectivity index (χ4n) is 2.35. The molecule has 0 bridgehead atoms. The predicted molar refractivity (Wildman–Crippen MR) is 101 cm³/mol. The fourth-order valence-corrected chi connectivity index (χ4v) is 3.09. The van der Waals surface area contributed by atoms with E-state index in [4.69, 9.17) is 21.5 Å². The summed E-state index contributed by atoms with van der Waals surface area (Å²) in [6, 6.07) is 10.9. The maximum absolute atomic E-state index is 12.4. The SMILES string of the molecule is Cc1cc(Cl)ccc1OC(C)C(=O)NC(C)c1ccc(S(N)(=O)=O)cc1. The van der Waals surface area contributed by atoms with Gasteiger partial charge < -0.3 is 10.1 Å². The number of hydrogen-bond donors (Lipinski definition) is 2. The van der Waals surface area contributed by atoms with Gasteiger partial charge in [-0.3, -0.25) is 4.79 Å². The van der Waals surface area contributed by atoms with E-state index in [-0.39, 0.29) is 16.8 Å². The lowest BCUT2D eigenvalue weighted by Crippen LogP contribution is -2.37. The number of benzene rings is 2. The van der Waals surface area contributed by atoms with Crippen molar-refractivity contribution in [1.29, 1.82) is 0 Å². The van der Waals surface area contributed by atoms with Crippen molar-refractivity contribution in [1.82, 2.24) is 5.32 Å². The Morgan fingerprint density at radius 3 is 2.31 bits per heavy atom. The third-order valence-electron chi connectivity index (χ3n) is 3.88. The van der Waals surface area contributed by atoms with Gasteiger partial charge in [-0.05, 0) is 62.2 Å². The molecule has 2 unspecified atom stereocenters. The van der Waals surface area contributed by atoms with E-state index in [0.717, 1.165) is 11.1 Å². The van der Waals surface area contributed by atoms with Gasteiger partial charge in [0.1, 0.15) is 5.75 Å². The Labute approximate surface area is 158 Å². The van der Waals surface area contributed by atoms with Crippen LogP contribution in [-0.2, 0) is 14.8 Å². The maximum Gasteiger partial charge on any atom is 0.261 e. The molecule has 8 heteroatoms. The van der Waals surface area contributed by atoms with Crippen LogP contribution < -0.4 is 15.2 Å². The zero-order chi connectivity index (χ0) is 19.5. The lowest BCUT2D eigenvalue weighted by atomic mass is 10.1. The minimum atomic E-state index is -3.74. The van der Waals surface area contributed by atoms with Crippen LogP contribution in [0.5, 0.6) is 5.75 Å². The molecule has 2 rings (SSSR count). The van der Waals surface area contributed by atoms with Gasteiger partial charge in [-0.1, -0.05) is 23.7 Å². The van der Waals surface area contributed by atoms with Crippen LogP contribution in [0.4, 0.5) is 0 Å². The Morgan fingerprint density at radius 1 is 1.15 bits per heavy atom. The summed E-state index contributed by atoms with van der Waals surface area (Å²) >= 11 is 5.91. The number of nitrogens with two attached hydrogens (primary N) is 1. The van der Waals surface area contributed by atoms with E-state index in [0.29, 0.717) is 10.8 Å². The molecule has 0 spiro atoms. The van der Waals surface area contributed by atoms with Crippen LogP contribution in [0.15, 0.2) is 47.4 Å². The predicted octanol–water partition coefficient (Wildman–Crippen LogP) is 2.94. The standard InChI is InChI=1S/C18H21ClN2O4S/c1-11-10-15(19)6-9-17(11)25-13(3)18(22)21-12(2)14-4-7-16(8-5-14)26(20,23)24/h4-10,12-13H,1-3H3,(H,21,22)(H2,20,23,24). The first-order valence-corrected chi connectivity index (χ1v) is 9.86. The van der Waals surface area contributed by atoms with Gasteiger partial charge in [0, 0.05) is 5.02 Å². The first-order chi connectivity index (χ1) is 12.1. The largest absolute Gasteiger partial charge is 0.481 e. The summed E-state index contributed by atoms with van der Waals surface area (Å²) in [6.45, 7) is 5.30. The Kier molecular flexibility index (Phi) is 6.28. The number of primary sulfonamides is 1. The van der Waals surface area contributed by atoms with E-state index in [1.165, 1.54) is 12.1 Å². The Hall–Kier alpha value is -2.09. The number of rotatable bonds is 6. The molecule has 26 heavy (non-hydrogen) atoms. The number of hydrogen-bond acceptors (Lipinski definition) is 4. The van der Waals surface area contributed by atoms with Gasteiger partial charge in [-0.2, -0.15) is 0 Å². The molecule has 3 N–H and O–H groups in total. The molecular weight excluding hydrogens is 376 g/mol. The van der Waals surface area contributed by atoms with Crippen molar-refractivity contribution < 1.29 is 17.9 Å². The Morgan fingerprint density at radius 2 is 1.77 bits per heavy atom. The Balaban J connectivity index is 2.01. The van der Waals surface area contributed by atoms with Crippen molar-refractivity contribution >= 4 is 27.5 Å². The molecular formula is C18H21ClN2O4S. The number of carbonyl (C=O) groups is 1. The molecule has 2 aromatic rings. The monoisotopic (exact) mass is 396 g/mol. The molecule has 2 atom stereocenters. The highest BCUT2D eigenvalue weighted by Gasteiger charge is 2.19. The Bertz CT molecular complexity index is 898. The minimum absolute atomic E-state index is 0.0229. The average Bonchev–Trinajstić information content (AvgIpc) is 2.56. The molecule has 140 valence electrons. The summed E-state index contributed by atoms with van der Waals surface area (Å²) in [7, 11) is -3.74. The van der Waals surface area contributed by atoms with Crippen molar-refractivity contribution in [2.24, 2.45) is 5.14 Å². The molecule has 0 fully saturated rings. The van der Waals surface area contributed by atoms with E-state index in [2.05, 4.69) is 5.32 Å². The summed E-state index contributed by atoms with van der Waals surface area (Å²) in [4.78, 5) is 12.4. The van der Waals surface area contributed by atoms with Crippen LogP contribution in [0, 0.1) is 6.92 Å². The van der Waals surface area contributed by atoms with Crippen LogP contribution in [0.25, 0.3) is 0 Å². The van der Waals surface area contributed by atoms with E-state index < -0.39 is 16.1 Å². The van der Waals surface area contributed by atoms with Crippen molar-refractivity contribution in [3.05, 3.63) is 58.6 Å². The summed E-state index contributed by atoms with van der Waals surface area (Å²) < 4.78 is 28.3. The summed E-state index contributed by atoms with van der Waals surface area (Å²) in [5.74, 6) is 0.296. The van der Waals surface area contributed by atoms with Gasteiger partial charge in [0.25, 0.3) is 5.91 Å². The first kappa shape index (κ1) is 20.2. The van der Waals surface area contributed by atoms with Gasteiger partial charge in [-0.15, -0.1) is 0 Å². The van der Waals surface area contributed by atoms with E-state index in [9.17, 15) is 13.2 Å². The third-order valence-corrected chi connectivity index (χ3v) is 5.04. The highest BCUT2D eigenvalue weighted by molar-refractivity contribution is 7.89. The van der Waals surface area contributed by atoms with Crippen LogP contribution in [0.1, 0.15) is 31.0 Å². The lowest BCUT2D eigenvalue weighted by Gasteiger charge is -2.20. The normalized spacial score (nSPS) is 13.7. The molecule has 0 saturated heterocycles. The summed E-state index contributed by atoms with van der Waals surface area (Å²) in [6.07, 6.45) is -0.707. The minimum Gasteiger partial charge on any atom is -0.481 e. The van der Waals surface area contributed by atoms with E-state index in [1.807, 2.05) is 6.92 Å². The molecule has 2 aromatic carbocycles. The topological polar surface area (TPSA) is 98.5 Å². The highest BCUT2D eigenvalue weighted by atomic mass is 35.5. The van der Waals surface area contributed by atoms with Gasteiger partial charge >= 0.3 is 0 Å². The van der Waals surface area contributed by atoms with Crippen LogP contribution in [0.2, 0.25) is 5.02 Å². The van der Waals surface area contributed by atoms with Crippen LogP contribution in [-0.4, -0.2) is 20.4 Å². The van der Waals surface area contributed by atoms with Crippen LogP contribution >= 0.6 is 11.6 Å². The lowest BCUT2D eigenvalue weighted by molar-refractivity contribution is -0.127. The second-order valence-electron chi connectivity index (χ2n) is 6.01. The summed E-state index contributed by atoms with van der Waals surface area (Å²) in [5, 5.41) is 8.51. The molecule has 1 amide bonds. The maximum atomic E-state index is 12.4. The molecule has 6 nitrogen and oxygen atoms in total. The number of carbonyl (C=O) groups excluding carboxylic acids is 1. The molecule has 0 aliphatic carbocycles. The number of amides is 1. The second kappa shape index (κ2) is 8.07. The molecule has 0 aromatic heterocycles. The molecule has 0 heterocycles. The quantitative estimate of drug-likeness (QED) is 0.784. The number of ether oxygens (including phenoxy) is 1. The van der Waals surface area contributed by atoms with Crippen LogP contribution in [0.3, 0.4) is 0 Å². The molecule has 0 radical (unpaired) electrons. The summed E-state index contributed by atoms with van der Waals surface area (Å²) in [5.41, 5.74) is 1.59. The third kappa shape index (κ3) is 5.20. The smallest absolute Gasteiger partial charge is 0.261 e. The zero-order valence-corrected chi connectivity index (χ0v) is 16.3. The van der Waals surface area contributed by atoms with Gasteiger partial charge in [0.15, 0.2) is 6.10 Å². The zero-order valence-electron chi connectivity index (χ0n) is 14.7.